The average Bonchev–Trinajstić information content (AvgIpc) is 2.47. The Kier molecular flexibility index (Phi) is 5.24. The maximum absolute atomic E-state index is 12.1. The lowest BCUT2D eigenvalue weighted by atomic mass is 10.2. The van der Waals surface area contributed by atoms with Gasteiger partial charge in [0.25, 0.3) is 5.91 Å². The van der Waals surface area contributed by atoms with Crippen LogP contribution < -0.4 is 16.4 Å². The number of primary amides is 1. The zero-order chi connectivity index (χ0) is 16.1. The van der Waals surface area contributed by atoms with Crippen LogP contribution in [0, 0.1) is 0 Å². The van der Waals surface area contributed by atoms with Crippen LogP contribution in [0.25, 0.3) is 0 Å². The lowest BCUT2D eigenvalue weighted by molar-refractivity contribution is 0.0974. The molecule has 0 aliphatic heterocycles. The van der Waals surface area contributed by atoms with E-state index in [1.807, 2.05) is 6.07 Å². The second kappa shape index (κ2) is 7.15. The van der Waals surface area contributed by atoms with Crippen molar-refractivity contribution in [1.82, 2.24) is 5.32 Å². The lowest BCUT2D eigenvalue weighted by Gasteiger charge is -2.11. The molecule has 2 rings (SSSR count). The van der Waals surface area contributed by atoms with Crippen LogP contribution in [0.5, 0.6) is 0 Å². The molecule has 22 heavy (non-hydrogen) atoms. The van der Waals surface area contributed by atoms with Crippen LogP contribution in [0.3, 0.4) is 0 Å². The van der Waals surface area contributed by atoms with Crippen LogP contribution in [-0.2, 0) is 0 Å². The Hall–Kier alpha value is -2.25. The molecule has 0 fully saturated rings. The lowest BCUT2D eigenvalue weighted by Crippen LogP contribution is -2.34. The van der Waals surface area contributed by atoms with Crippen molar-refractivity contribution in [3.8, 4) is 0 Å². The maximum atomic E-state index is 12.1. The van der Waals surface area contributed by atoms with E-state index < -0.39 is 5.91 Å². The fourth-order valence-corrected chi connectivity index (χ4v) is 2.40. The predicted molar refractivity (Wildman–Crippen MR) is 92.8 cm³/mol. The second-order valence-electron chi connectivity index (χ2n) is 4.33. The summed E-state index contributed by atoms with van der Waals surface area (Å²) in [6, 6.07) is 13.5. The van der Waals surface area contributed by atoms with Gasteiger partial charge in [0.15, 0.2) is 5.11 Å². The molecule has 0 atom stereocenters. The Morgan fingerprint density at radius 2 is 1.82 bits per heavy atom. The van der Waals surface area contributed by atoms with Crippen molar-refractivity contribution in [1.29, 1.82) is 0 Å². The van der Waals surface area contributed by atoms with Gasteiger partial charge in [0, 0.05) is 15.7 Å². The molecule has 0 aliphatic carbocycles. The highest BCUT2D eigenvalue weighted by molar-refractivity contribution is 9.10. The van der Waals surface area contributed by atoms with Crippen molar-refractivity contribution >= 4 is 50.8 Å². The van der Waals surface area contributed by atoms with Crippen LogP contribution in [0.4, 0.5) is 5.69 Å². The summed E-state index contributed by atoms with van der Waals surface area (Å²) < 4.78 is 0.672. The molecule has 0 unspecified atom stereocenters. The molecular weight excluding hydrogens is 366 g/mol. The van der Waals surface area contributed by atoms with Gasteiger partial charge < -0.3 is 11.1 Å². The fraction of sp³-hybridized carbons (Fsp3) is 0. The average molecular weight is 378 g/mol. The molecule has 112 valence electrons. The van der Waals surface area contributed by atoms with Gasteiger partial charge in [0.05, 0.1) is 5.56 Å². The Morgan fingerprint density at radius 1 is 1.09 bits per heavy atom. The summed E-state index contributed by atoms with van der Waals surface area (Å²) in [4.78, 5) is 23.2. The molecule has 0 heterocycles. The summed E-state index contributed by atoms with van der Waals surface area (Å²) in [6.45, 7) is 0. The summed E-state index contributed by atoms with van der Waals surface area (Å²) in [5, 5.41) is 5.53. The molecule has 0 radical (unpaired) electrons. The number of rotatable bonds is 3. The number of hydrogen-bond acceptors (Lipinski definition) is 3. The van der Waals surface area contributed by atoms with Crippen molar-refractivity contribution in [2.45, 2.75) is 0 Å². The molecule has 0 saturated carbocycles. The first-order chi connectivity index (χ1) is 10.5. The van der Waals surface area contributed by atoms with Gasteiger partial charge in [-0.25, -0.2) is 0 Å². The zero-order valence-electron chi connectivity index (χ0n) is 11.3. The Balaban J connectivity index is 2.04. The number of hydrogen-bond donors (Lipinski definition) is 3. The predicted octanol–water partition coefficient (Wildman–Crippen LogP) is 2.67. The SMILES string of the molecule is NC(=O)c1cccc(NC(=S)NC(=O)c2ccccc2Br)c1. The highest BCUT2D eigenvalue weighted by Crippen LogP contribution is 2.15. The van der Waals surface area contributed by atoms with Gasteiger partial charge in [-0.3, -0.25) is 14.9 Å². The number of nitrogens with two attached hydrogens (primary N) is 1. The minimum atomic E-state index is -0.535. The van der Waals surface area contributed by atoms with E-state index in [2.05, 4.69) is 26.6 Å². The van der Waals surface area contributed by atoms with E-state index in [-0.39, 0.29) is 11.0 Å². The topological polar surface area (TPSA) is 84.2 Å². The molecule has 0 spiro atoms. The molecule has 2 aromatic rings. The summed E-state index contributed by atoms with van der Waals surface area (Å²) in [5.41, 5.74) is 6.60. The molecule has 0 aliphatic rings. The van der Waals surface area contributed by atoms with Crippen LogP contribution in [0.2, 0.25) is 0 Å². The quantitative estimate of drug-likeness (QED) is 0.717. The molecule has 2 amide bonds. The van der Waals surface area contributed by atoms with Gasteiger partial charge in [-0.1, -0.05) is 18.2 Å². The summed E-state index contributed by atoms with van der Waals surface area (Å²) in [5.74, 6) is -0.872. The summed E-state index contributed by atoms with van der Waals surface area (Å²) >= 11 is 8.39. The maximum Gasteiger partial charge on any atom is 0.258 e. The first-order valence-electron chi connectivity index (χ1n) is 6.24. The van der Waals surface area contributed by atoms with Crippen LogP contribution in [-0.4, -0.2) is 16.9 Å². The molecule has 7 heteroatoms. The first kappa shape index (κ1) is 16.1. The van der Waals surface area contributed by atoms with E-state index >= 15 is 0 Å². The minimum absolute atomic E-state index is 0.127. The van der Waals surface area contributed by atoms with Crippen molar-refractivity contribution in [2.75, 3.05) is 5.32 Å². The molecule has 5 nitrogen and oxygen atoms in total. The third-order valence-electron chi connectivity index (χ3n) is 2.75. The van der Waals surface area contributed by atoms with Crippen molar-refractivity contribution in [3.05, 3.63) is 64.1 Å². The Morgan fingerprint density at radius 3 is 2.50 bits per heavy atom. The molecule has 0 bridgehead atoms. The van der Waals surface area contributed by atoms with Crippen molar-refractivity contribution < 1.29 is 9.59 Å². The monoisotopic (exact) mass is 377 g/mol. The second-order valence-corrected chi connectivity index (χ2v) is 5.60. The number of halogens is 1. The standard InChI is InChI=1S/C15H12BrN3O2S/c16-12-7-2-1-6-11(12)14(21)19-15(22)18-10-5-3-4-9(8-10)13(17)20/h1-8H,(H2,17,20)(H2,18,19,21,22). The van der Waals surface area contributed by atoms with Gasteiger partial charge in [0.1, 0.15) is 0 Å². The third kappa shape index (κ3) is 4.12. The number of carbonyl (C=O) groups is 2. The summed E-state index contributed by atoms with van der Waals surface area (Å²) in [6.07, 6.45) is 0. The van der Waals surface area contributed by atoms with Crippen LogP contribution in [0.1, 0.15) is 20.7 Å². The Labute approximate surface area is 141 Å². The van der Waals surface area contributed by atoms with E-state index in [4.69, 9.17) is 18.0 Å². The molecule has 2 aromatic carbocycles. The van der Waals surface area contributed by atoms with Crippen LogP contribution >= 0.6 is 28.1 Å². The fourth-order valence-electron chi connectivity index (χ4n) is 1.73. The highest BCUT2D eigenvalue weighted by atomic mass is 79.9. The van der Waals surface area contributed by atoms with Gasteiger partial charge in [-0.15, -0.1) is 0 Å². The Bertz CT molecular complexity index is 749. The van der Waals surface area contributed by atoms with Gasteiger partial charge in [0.2, 0.25) is 5.91 Å². The number of benzene rings is 2. The van der Waals surface area contributed by atoms with E-state index in [0.717, 1.165) is 0 Å². The number of anilines is 1. The molecular formula is C15H12BrN3O2S. The van der Waals surface area contributed by atoms with Crippen molar-refractivity contribution in [2.24, 2.45) is 5.73 Å². The largest absolute Gasteiger partial charge is 0.366 e. The number of nitrogens with one attached hydrogen (secondary N) is 2. The van der Waals surface area contributed by atoms with E-state index in [1.54, 1.807) is 42.5 Å². The zero-order valence-corrected chi connectivity index (χ0v) is 13.7. The van der Waals surface area contributed by atoms with Gasteiger partial charge in [-0.05, 0) is 58.5 Å². The van der Waals surface area contributed by atoms with E-state index in [1.165, 1.54) is 0 Å². The molecule has 4 N–H and O–H groups in total. The van der Waals surface area contributed by atoms with E-state index in [0.29, 0.717) is 21.3 Å². The number of thiocarbonyl (C=S) groups is 1. The third-order valence-corrected chi connectivity index (χ3v) is 3.65. The number of carbonyl (C=O) groups excluding carboxylic acids is 2. The highest BCUT2D eigenvalue weighted by Gasteiger charge is 2.11. The first-order valence-corrected chi connectivity index (χ1v) is 7.44. The van der Waals surface area contributed by atoms with E-state index in [9.17, 15) is 9.59 Å². The number of amides is 2. The summed E-state index contributed by atoms with van der Waals surface area (Å²) in [7, 11) is 0. The van der Waals surface area contributed by atoms with Crippen molar-refractivity contribution in [3.63, 3.8) is 0 Å². The smallest absolute Gasteiger partial charge is 0.258 e. The molecule has 0 saturated heterocycles. The van der Waals surface area contributed by atoms with Gasteiger partial charge >= 0.3 is 0 Å². The normalized spacial score (nSPS) is 9.86. The van der Waals surface area contributed by atoms with Gasteiger partial charge in [-0.2, -0.15) is 0 Å². The molecule has 0 aromatic heterocycles. The minimum Gasteiger partial charge on any atom is -0.366 e. The van der Waals surface area contributed by atoms with Crippen LogP contribution in [0.15, 0.2) is 53.0 Å².